The van der Waals surface area contributed by atoms with Crippen LogP contribution in [0.25, 0.3) is 11.4 Å². The van der Waals surface area contributed by atoms with Crippen molar-refractivity contribution in [2.45, 2.75) is 38.5 Å². The van der Waals surface area contributed by atoms with Gasteiger partial charge >= 0.3 is 5.97 Å². The van der Waals surface area contributed by atoms with Gasteiger partial charge in [0.25, 0.3) is 0 Å². The molecule has 2 aromatic heterocycles. The van der Waals surface area contributed by atoms with Gasteiger partial charge in [0.05, 0.1) is 12.1 Å². The first-order chi connectivity index (χ1) is 13.7. The van der Waals surface area contributed by atoms with Gasteiger partial charge in [-0.25, -0.2) is 9.97 Å². The highest BCUT2D eigenvalue weighted by Gasteiger charge is 2.38. The first-order valence-electron chi connectivity index (χ1n) is 9.28. The Morgan fingerprint density at radius 2 is 1.93 bits per heavy atom. The first kappa shape index (κ1) is 18.8. The zero-order valence-electron chi connectivity index (χ0n) is 16.2. The van der Waals surface area contributed by atoms with Crippen LogP contribution < -0.4 is 5.73 Å². The molecule has 0 atom stereocenters. The number of anilines is 1. The summed E-state index contributed by atoms with van der Waals surface area (Å²) in [6.07, 6.45) is 2.46. The predicted octanol–water partition coefficient (Wildman–Crippen LogP) is 2.34. The van der Waals surface area contributed by atoms with Gasteiger partial charge in [-0.05, 0) is 28.5 Å². The smallest absolute Gasteiger partial charge is 0.307 e. The van der Waals surface area contributed by atoms with Gasteiger partial charge in [0, 0.05) is 18.2 Å². The Bertz CT molecular complexity index is 1130. The summed E-state index contributed by atoms with van der Waals surface area (Å²) in [5.41, 5.74) is 10.4. The molecular weight excluding hydrogens is 370 g/mol. The Morgan fingerprint density at radius 3 is 2.66 bits per heavy atom. The summed E-state index contributed by atoms with van der Waals surface area (Å²) in [5.74, 6) is -0.844. The van der Waals surface area contributed by atoms with E-state index in [1.165, 1.54) is 0 Å². The van der Waals surface area contributed by atoms with Crippen molar-refractivity contribution in [3.05, 3.63) is 58.4 Å². The van der Waals surface area contributed by atoms with E-state index in [0.29, 0.717) is 29.1 Å². The Balaban J connectivity index is 1.69. The van der Waals surface area contributed by atoms with Gasteiger partial charge in [-0.1, -0.05) is 38.1 Å². The molecule has 0 radical (unpaired) electrons. The molecule has 1 aromatic carbocycles. The van der Waals surface area contributed by atoms with E-state index in [9.17, 15) is 9.59 Å². The fourth-order valence-corrected chi connectivity index (χ4v) is 3.99. The van der Waals surface area contributed by atoms with E-state index in [2.05, 4.69) is 34.0 Å². The van der Waals surface area contributed by atoms with Crippen LogP contribution in [-0.2, 0) is 29.5 Å². The normalized spacial score (nSPS) is 14.1. The minimum Gasteiger partial charge on any atom is -0.481 e. The molecule has 1 aliphatic carbocycles. The number of carbonyl (C=O) groups excluding carboxylic acids is 1. The Hall–Kier alpha value is -3.55. The van der Waals surface area contributed by atoms with Gasteiger partial charge in [0.2, 0.25) is 5.95 Å². The second-order valence-corrected chi connectivity index (χ2v) is 7.98. The van der Waals surface area contributed by atoms with Gasteiger partial charge in [0.15, 0.2) is 5.78 Å². The average molecular weight is 391 g/mol. The van der Waals surface area contributed by atoms with Crippen LogP contribution in [0.15, 0.2) is 30.5 Å². The summed E-state index contributed by atoms with van der Waals surface area (Å²) in [6.45, 7) is 4.12. The van der Waals surface area contributed by atoms with Crippen molar-refractivity contribution in [1.82, 2.24) is 20.2 Å². The molecule has 4 rings (SSSR count). The number of ketones is 1. The maximum atomic E-state index is 13.1. The van der Waals surface area contributed by atoms with Crippen LogP contribution in [-0.4, -0.2) is 37.0 Å². The van der Waals surface area contributed by atoms with Crippen molar-refractivity contribution in [2.75, 3.05) is 5.73 Å². The third-order valence-corrected chi connectivity index (χ3v) is 5.17. The lowest BCUT2D eigenvalue weighted by Gasteiger charge is -2.30. The molecule has 0 aliphatic heterocycles. The lowest BCUT2D eigenvalue weighted by Crippen LogP contribution is -2.28. The van der Waals surface area contributed by atoms with Crippen molar-refractivity contribution in [3.63, 3.8) is 0 Å². The fourth-order valence-electron chi connectivity index (χ4n) is 3.99. The number of carboxylic acid groups (broad SMARTS) is 1. The number of nitrogens with two attached hydrogens (primary N) is 1. The predicted molar refractivity (Wildman–Crippen MR) is 107 cm³/mol. The minimum absolute atomic E-state index is 0.0770. The number of fused-ring (bicyclic) bond motifs is 3. The van der Waals surface area contributed by atoms with Crippen LogP contribution in [0.2, 0.25) is 0 Å². The average Bonchev–Trinajstić information content (AvgIpc) is 3.09. The van der Waals surface area contributed by atoms with Crippen molar-refractivity contribution in [3.8, 4) is 11.4 Å². The summed E-state index contributed by atoms with van der Waals surface area (Å²) in [5, 5.41) is 16.3. The van der Waals surface area contributed by atoms with Crippen molar-refractivity contribution >= 4 is 17.7 Å². The second-order valence-electron chi connectivity index (χ2n) is 7.98. The van der Waals surface area contributed by atoms with E-state index in [1.54, 1.807) is 24.4 Å². The molecule has 4 N–H and O–H groups in total. The third kappa shape index (κ3) is 3.49. The highest BCUT2D eigenvalue weighted by molar-refractivity contribution is 5.99. The van der Waals surface area contributed by atoms with Gasteiger partial charge in [0.1, 0.15) is 11.4 Å². The van der Waals surface area contributed by atoms with Crippen LogP contribution in [0, 0.1) is 0 Å². The summed E-state index contributed by atoms with van der Waals surface area (Å²) >= 11 is 0. The van der Waals surface area contributed by atoms with E-state index in [0.717, 1.165) is 16.7 Å². The van der Waals surface area contributed by atoms with Gasteiger partial charge < -0.3 is 10.8 Å². The van der Waals surface area contributed by atoms with Crippen molar-refractivity contribution in [1.29, 1.82) is 0 Å². The number of carboxylic acids is 1. The molecule has 2 heterocycles. The number of rotatable bonds is 5. The van der Waals surface area contributed by atoms with Crippen LogP contribution in [0.5, 0.6) is 0 Å². The molecule has 0 bridgehead atoms. The SMILES string of the molecule is CC1(C)Cc2cnc(N)nc2-c2n[nH]c(C(=O)Cc3cccc(CC(=O)O)c3)c21. The van der Waals surface area contributed by atoms with Gasteiger partial charge in [-0.3, -0.25) is 14.7 Å². The van der Waals surface area contributed by atoms with Gasteiger partial charge in [-0.2, -0.15) is 5.10 Å². The second kappa shape index (κ2) is 6.80. The zero-order chi connectivity index (χ0) is 20.8. The van der Waals surface area contributed by atoms with E-state index in [-0.39, 0.29) is 30.0 Å². The molecule has 0 saturated carbocycles. The molecule has 8 heteroatoms. The Morgan fingerprint density at radius 1 is 1.21 bits per heavy atom. The number of carbonyl (C=O) groups is 2. The molecular formula is C21H21N5O3. The largest absolute Gasteiger partial charge is 0.481 e. The summed E-state index contributed by atoms with van der Waals surface area (Å²) in [6, 6.07) is 7.08. The van der Waals surface area contributed by atoms with E-state index in [4.69, 9.17) is 10.8 Å². The molecule has 0 saturated heterocycles. The van der Waals surface area contributed by atoms with Crippen LogP contribution in [0.4, 0.5) is 5.95 Å². The number of aromatic nitrogens is 4. The van der Waals surface area contributed by atoms with E-state index >= 15 is 0 Å². The fraction of sp³-hybridized carbons (Fsp3) is 0.286. The molecule has 148 valence electrons. The quantitative estimate of drug-likeness (QED) is 0.568. The number of hydrogen-bond acceptors (Lipinski definition) is 6. The minimum atomic E-state index is -0.905. The number of benzene rings is 1. The zero-order valence-corrected chi connectivity index (χ0v) is 16.2. The molecule has 0 fully saturated rings. The topological polar surface area (TPSA) is 135 Å². The number of aromatic amines is 1. The van der Waals surface area contributed by atoms with E-state index in [1.807, 2.05) is 6.07 Å². The maximum absolute atomic E-state index is 13.1. The summed E-state index contributed by atoms with van der Waals surface area (Å²) in [4.78, 5) is 32.5. The number of aliphatic carboxylic acids is 1. The van der Waals surface area contributed by atoms with Crippen LogP contribution in [0.3, 0.4) is 0 Å². The molecule has 0 spiro atoms. The number of nitrogen functional groups attached to an aromatic ring is 1. The molecule has 29 heavy (non-hydrogen) atoms. The first-order valence-corrected chi connectivity index (χ1v) is 9.28. The molecule has 0 amide bonds. The number of nitrogens with zero attached hydrogens (tertiary/aromatic N) is 3. The number of H-pyrrole nitrogens is 1. The highest BCUT2D eigenvalue weighted by Crippen LogP contribution is 2.42. The van der Waals surface area contributed by atoms with Crippen molar-refractivity contribution < 1.29 is 14.7 Å². The molecule has 0 unspecified atom stereocenters. The molecule has 8 nitrogen and oxygen atoms in total. The third-order valence-electron chi connectivity index (χ3n) is 5.17. The van der Waals surface area contributed by atoms with Crippen LogP contribution >= 0.6 is 0 Å². The Labute approximate surface area is 167 Å². The standard InChI is InChI=1S/C21H21N5O3/c1-21(2)9-13-10-23-20(22)24-17(13)19-16(21)18(25-26-19)14(27)7-11-4-3-5-12(6-11)8-15(28)29/h3-6,10H,7-9H2,1-2H3,(H,25,26)(H,28,29)(H2,22,23,24). The number of Topliss-reactive ketones (excluding diaryl/α,β-unsaturated/α-hetero) is 1. The molecule has 3 aromatic rings. The maximum Gasteiger partial charge on any atom is 0.307 e. The lowest BCUT2D eigenvalue weighted by molar-refractivity contribution is -0.136. The summed E-state index contributed by atoms with van der Waals surface area (Å²) in [7, 11) is 0. The van der Waals surface area contributed by atoms with Crippen LogP contribution in [0.1, 0.15) is 46.6 Å². The highest BCUT2D eigenvalue weighted by atomic mass is 16.4. The number of hydrogen-bond donors (Lipinski definition) is 3. The monoisotopic (exact) mass is 391 g/mol. The van der Waals surface area contributed by atoms with Gasteiger partial charge in [-0.15, -0.1) is 0 Å². The van der Waals surface area contributed by atoms with E-state index < -0.39 is 5.97 Å². The summed E-state index contributed by atoms with van der Waals surface area (Å²) < 4.78 is 0. The van der Waals surface area contributed by atoms with Crippen molar-refractivity contribution in [2.24, 2.45) is 0 Å². The Kier molecular flexibility index (Phi) is 4.41. The lowest BCUT2D eigenvalue weighted by atomic mass is 9.72. The number of nitrogens with one attached hydrogen (secondary N) is 1. The molecule has 1 aliphatic rings.